The first-order valence-corrected chi connectivity index (χ1v) is 7.46. The monoisotopic (exact) mass is 348 g/mol. The van der Waals surface area contributed by atoms with Crippen molar-refractivity contribution in [1.82, 2.24) is 4.98 Å². The molecule has 4 nitrogen and oxygen atoms in total. The molecule has 0 fully saturated rings. The largest absolute Gasteiger partial charge is 0.462 e. The van der Waals surface area contributed by atoms with Gasteiger partial charge in [0.05, 0.1) is 12.0 Å². The van der Waals surface area contributed by atoms with E-state index in [0.29, 0.717) is 22.1 Å². The van der Waals surface area contributed by atoms with Gasteiger partial charge >= 0.3 is 0 Å². The molecule has 3 rings (SSSR count). The van der Waals surface area contributed by atoms with E-state index in [9.17, 15) is 4.79 Å². The Balaban J connectivity index is 1.80. The number of furan rings is 1. The van der Waals surface area contributed by atoms with Crippen molar-refractivity contribution in [3.05, 3.63) is 58.2 Å². The third-order valence-electron chi connectivity index (χ3n) is 2.59. The Morgan fingerprint density at radius 3 is 2.85 bits per heavy atom. The number of carbonyl (C=O) groups excluding carboxylic acids is 1. The number of amides is 1. The molecule has 0 spiro atoms. The molecule has 3 aromatic rings. The third-order valence-corrected chi connectivity index (χ3v) is 4.14. The van der Waals surface area contributed by atoms with Crippen molar-refractivity contribution in [2.45, 2.75) is 0 Å². The van der Waals surface area contributed by atoms with Crippen molar-refractivity contribution in [3.63, 3.8) is 0 Å². The van der Waals surface area contributed by atoms with Crippen molar-refractivity contribution in [2.75, 3.05) is 5.32 Å². The summed E-state index contributed by atoms with van der Waals surface area (Å²) in [5.74, 6) is 0.417. The van der Waals surface area contributed by atoms with Gasteiger partial charge in [0.1, 0.15) is 5.69 Å². The van der Waals surface area contributed by atoms with Crippen molar-refractivity contribution in [3.8, 4) is 10.8 Å². The lowest BCUT2D eigenvalue weighted by molar-refractivity contribution is 0.102. The SMILES string of the molecule is O=C(Nc1ccccc1Br)c1csc(-c2ccco2)n1. The zero-order chi connectivity index (χ0) is 13.9. The van der Waals surface area contributed by atoms with E-state index in [-0.39, 0.29) is 5.91 Å². The molecule has 0 saturated heterocycles. The normalized spacial score (nSPS) is 10.4. The Morgan fingerprint density at radius 2 is 2.10 bits per heavy atom. The zero-order valence-electron chi connectivity index (χ0n) is 10.2. The number of carbonyl (C=O) groups is 1. The van der Waals surface area contributed by atoms with Gasteiger partial charge in [0, 0.05) is 9.85 Å². The molecule has 1 amide bonds. The lowest BCUT2D eigenvalue weighted by Crippen LogP contribution is -2.12. The fourth-order valence-corrected chi connectivity index (χ4v) is 2.79. The van der Waals surface area contributed by atoms with Gasteiger partial charge in [-0.05, 0) is 40.2 Å². The second-order valence-electron chi connectivity index (χ2n) is 3.95. The molecule has 2 aromatic heterocycles. The number of nitrogens with one attached hydrogen (secondary N) is 1. The summed E-state index contributed by atoms with van der Waals surface area (Å²) >= 11 is 4.76. The molecule has 0 aliphatic carbocycles. The summed E-state index contributed by atoms with van der Waals surface area (Å²) in [6.07, 6.45) is 1.58. The average molecular weight is 349 g/mol. The Morgan fingerprint density at radius 1 is 1.25 bits per heavy atom. The lowest BCUT2D eigenvalue weighted by atomic mass is 10.3. The predicted molar refractivity (Wildman–Crippen MR) is 81.9 cm³/mol. The first kappa shape index (κ1) is 13.1. The van der Waals surface area contributed by atoms with E-state index >= 15 is 0 Å². The molecule has 0 aliphatic heterocycles. The molecule has 0 aliphatic rings. The van der Waals surface area contributed by atoms with Crippen LogP contribution in [0.5, 0.6) is 0 Å². The van der Waals surface area contributed by atoms with Crippen LogP contribution in [0.15, 0.2) is 56.9 Å². The second kappa shape index (κ2) is 5.60. The van der Waals surface area contributed by atoms with E-state index in [2.05, 4.69) is 26.2 Å². The fraction of sp³-hybridized carbons (Fsp3) is 0. The smallest absolute Gasteiger partial charge is 0.275 e. The van der Waals surface area contributed by atoms with Gasteiger partial charge in [0.15, 0.2) is 10.8 Å². The minimum Gasteiger partial charge on any atom is -0.462 e. The van der Waals surface area contributed by atoms with Crippen molar-refractivity contribution in [2.24, 2.45) is 0 Å². The lowest BCUT2D eigenvalue weighted by Gasteiger charge is -2.04. The summed E-state index contributed by atoms with van der Waals surface area (Å²) in [4.78, 5) is 16.4. The van der Waals surface area contributed by atoms with Crippen LogP contribution in [0.2, 0.25) is 0 Å². The van der Waals surface area contributed by atoms with Crippen LogP contribution in [-0.4, -0.2) is 10.9 Å². The van der Waals surface area contributed by atoms with Crippen LogP contribution in [-0.2, 0) is 0 Å². The zero-order valence-corrected chi connectivity index (χ0v) is 12.6. The van der Waals surface area contributed by atoms with Gasteiger partial charge in [0.25, 0.3) is 5.91 Å². The fourth-order valence-electron chi connectivity index (χ4n) is 1.64. The summed E-state index contributed by atoms with van der Waals surface area (Å²) in [6, 6.07) is 11.0. The molecule has 0 bridgehead atoms. The highest BCUT2D eigenvalue weighted by atomic mass is 79.9. The van der Waals surface area contributed by atoms with Gasteiger partial charge in [-0.25, -0.2) is 4.98 Å². The minimum absolute atomic E-state index is 0.244. The molecule has 0 saturated carbocycles. The first-order valence-electron chi connectivity index (χ1n) is 5.79. The van der Waals surface area contributed by atoms with E-state index < -0.39 is 0 Å². The van der Waals surface area contributed by atoms with E-state index in [0.717, 1.165) is 4.47 Å². The number of rotatable bonds is 3. The average Bonchev–Trinajstić information content (AvgIpc) is 3.11. The number of hydrogen-bond donors (Lipinski definition) is 1. The summed E-state index contributed by atoms with van der Waals surface area (Å²) in [7, 11) is 0. The molecular formula is C14H9BrN2O2S. The predicted octanol–water partition coefficient (Wildman–Crippen LogP) is 4.42. The maximum Gasteiger partial charge on any atom is 0.275 e. The van der Waals surface area contributed by atoms with E-state index in [1.165, 1.54) is 11.3 Å². The summed E-state index contributed by atoms with van der Waals surface area (Å²) < 4.78 is 6.09. The summed E-state index contributed by atoms with van der Waals surface area (Å²) in [5, 5.41) is 5.21. The maximum atomic E-state index is 12.1. The third kappa shape index (κ3) is 2.66. The Labute approximate surface area is 127 Å². The highest BCUT2D eigenvalue weighted by molar-refractivity contribution is 9.10. The van der Waals surface area contributed by atoms with Crippen LogP contribution in [0.25, 0.3) is 10.8 Å². The number of para-hydroxylation sites is 1. The van der Waals surface area contributed by atoms with E-state index in [1.807, 2.05) is 30.3 Å². The molecule has 6 heteroatoms. The second-order valence-corrected chi connectivity index (χ2v) is 5.66. The van der Waals surface area contributed by atoms with E-state index in [4.69, 9.17) is 4.42 Å². The Kier molecular flexibility index (Phi) is 3.66. The molecule has 100 valence electrons. The van der Waals surface area contributed by atoms with E-state index in [1.54, 1.807) is 17.7 Å². The molecule has 0 atom stereocenters. The summed E-state index contributed by atoms with van der Waals surface area (Å²) in [5.41, 5.74) is 1.09. The van der Waals surface area contributed by atoms with Gasteiger partial charge in [-0.15, -0.1) is 11.3 Å². The molecule has 20 heavy (non-hydrogen) atoms. The molecule has 0 unspecified atom stereocenters. The standard InChI is InChI=1S/C14H9BrN2O2S/c15-9-4-1-2-5-10(9)16-13(18)11-8-20-14(17-11)12-6-3-7-19-12/h1-8H,(H,16,18). The van der Waals surface area contributed by atoms with Crippen molar-refractivity contribution in [1.29, 1.82) is 0 Å². The van der Waals surface area contributed by atoms with Crippen LogP contribution in [0.1, 0.15) is 10.5 Å². The molecule has 2 heterocycles. The highest BCUT2D eigenvalue weighted by Gasteiger charge is 2.14. The highest BCUT2D eigenvalue weighted by Crippen LogP contribution is 2.25. The van der Waals surface area contributed by atoms with Gasteiger partial charge in [-0.3, -0.25) is 4.79 Å². The topological polar surface area (TPSA) is 55.1 Å². The molecule has 1 aromatic carbocycles. The van der Waals surface area contributed by atoms with Gasteiger partial charge in [-0.1, -0.05) is 12.1 Å². The molecule has 1 N–H and O–H groups in total. The van der Waals surface area contributed by atoms with Crippen LogP contribution >= 0.6 is 27.3 Å². The van der Waals surface area contributed by atoms with Crippen LogP contribution in [0, 0.1) is 0 Å². The number of benzene rings is 1. The minimum atomic E-state index is -0.244. The summed E-state index contributed by atoms with van der Waals surface area (Å²) in [6.45, 7) is 0. The quantitative estimate of drug-likeness (QED) is 0.762. The van der Waals surface area contributed by atoms with Gasteiger partial charge < -0.3 is 9.73 Å². The maximum absolute atomic E-state index is 12.1. The number of nitrogens with zero attached hydrogens (tertiary/aromatic N) is 1. The first-order chi connectivity index (χ1) is 9.74. The molecular weight excluding hydrogens is 340 g/mol. The number of thiazole rings is 1. The van der Waals surface area contributed by atoms with Gasteiger partial charge in [0.2, 0.25) is 0 Å². The Hall–Kier alpha value is -1.92. The van der Waals surface area contributed by atoms with Crippen LogP contribution in [0.4, 0.5) is 5.69 Å². The number of hydrogen-bond acceptors (Lipinski definition) is 4. The number of anilines is 1. The van der Waals surface area contributed by atoms with Crippen molar-refractivity contribution >= 4 is 38.9 Å². The van der Waals surface area contributed by atoms with Crippen LogP contribution < -0.4 is 5.32 Å². The molecule has 0 radical (unpaired) electrons. The van der Waals surface area contributed by atoms with Crippen LogP contribution in [0.3, 0.4) is 0 Å². The number of halogens is 1. The number of aromatic nitrogens is 1. The van der Waals surface area contributed by atoms with Crippen molar-refractivity contribution < 1.29 is 9.21 Å². The Bertz CT molecular complexity index is 737. The van der Waals surface area contributed by atoms with Gasteiger partial charge in [-0.2, -0.15) is 0 Å².